The van der Waals surface area contributed by atoms with Crippen LogP contribution in [0.5, 0.6) is 0 Å². The van der Waals surface area contributed by atoms with Gasteiger partial charge in [-0.25, -0.2) is 9.55 Å². The fourth-order valence-electron chi connectivity index (χ4n) is 4.17. The summed E-state index contributed by atoms with van der Waals surface area (Å²) in [7, 11) is 2.13. The molecule has 28 heavy (non-hydrogen) atoms. The normalized spacial score (nSPS) is 11.8. The number of benzene rings is 1. The van der Waals surface area contributed by atoms with Crippen molar-refractivity contribution in [2.24, 2.45) is 7.05 Å². The van der Waals surface area contributed by atoms with E-state index in [1.165, 1.54) is 27.9 Å². The topological polar surface area (TPSA) is 29.9 Å². The molecule has 0 atom stereocenters. The standard InChI is InChI=1S/C25H29N2O/c1-7-17-14-27(6)22(13-21(17)15(3)4)23-16(5)9-11-19-20-12-10-18(8-2)26-25(20)28-24(19)23/h9-15H,7-8H2,1-6H3/q+1. The molecule has 0 aliphatic heterocycles. The maximum Gasteiger partial charge on any atom is 0.227 e. The molecule has 3 heterocycles. The number of pyridine rings is 2. The van der Waals surface area contributed by atoms with Gasteiger partial charge in [-0.2, -0.15) is 0 Å². The Morgan fingerprint density at radius 3 is 2.46 bits per heavy atom. The van der Waals surface area contributed by atoms with Crippen molar-refractivity contribution >= 4 is 22.1 Å². The molecule has 0 fully saturated rings. The van der Waals surface area contributed by atoms with E-state index in [1.807, 2.05) is 0 Å². The van der Waals surface area contributed by atoms with E-state index < -0.39 is 0 Å². The Bertz CT molecular complexity index is 1180. The monoisotopic (exact) mass is 373 g/mol. The molecule has 144 valence electrons. The van der Waals surface area contributed by atoms with Crippen LogP contribution in [-0.2, 0) is 19.9 Å². The minimum absolute atomic E-state index is 0.485. The van der Waals surface area contributed by atoms with Crippen LogP contribution in [0.15, 0.2) is 40.9 Å². The molecule has 0 radical (unpaired) electrons. The molecule has 0 amide bonds. The van der Waals surface area contributed by atoms with Gasteiger partial charge in [0.2, 0.25) is 11.4 Å². The number of furan rings is 1. The summed E-state index contributed by atoms with van der Waals surface area (Å²) in [4.78, 5) is 4.72. The highest BCUT2D eigenvalue weighted by Gasteiger charge is 2.23. The first-order chi connectivity index (χ1) is 13.4. The zero-order valence-electron chi connectivity index (χ0n) is 17.8. The van der Waals surface area contributed by atoms with Crippen LogP contribution >= 0.6 is 0 Å². The van der Waals surface area contributed by atoms with E-state index in [1.54, 1.807) is 0 Å². The lowest BCUT2D eigenvalue weighted by Crippen LogP contribution is -2.32. The fourth-order valence-corrected chi connectivity index (χ4v) is 4.17. The van der Waals surface area contributed by atoms with E-state index in [9.17, 15) is 0 Å². The highest BCUT2D eigenvalue weighted by atomic mass is 16.3. The van der Waals surface area contributed by atoms with Gasteiger partial charge in [-0.15, -0.1) is 0 Å². The number of fused-ring (bicyclic) bond motifs is 3. The second-order valence-electron chi connectivity index (χ2n) is 8.00. The number of nitrogens with zero attached hydrogens (tertiary/aromatic N) is 2. The molecule has 3 heteroatoms. The van der Waals surface area contributed by atoms with Gasteiger partial charge in [0.05, 0.1) is 5.56 Å². The Morgan fingerprint density at radius 2 is 1.79 bits per heavy atom. The second kappa shape index (κ2) is 7.05. The van der Waals surface area contributed by atoms with Crippen molar-refractivity contribution in [1.29, 1.82) is 0 Å². The predicted octanol–water partition coefficient (Wildman–Crippen LogP) is 6.03. The van der Waals surface area contributed by atoms with Crippen LogP contribution in [0.3, 0.4) is 0 Å². The fraction of sp³-hybridized carbons (Fsp3) is 0.360. The van der Waals surface area contributed by atoms with Crippen LogP contribution in [0.2, 0.25) is 0 Å². The van der Waals surface area contributed by atoms with E-state index in [4.69, 9.17) is 9.40 Å². The molecule has 0 aliphatic rings. The zero-order chi connectivity index (χ0) is 20.0. The molecule has 0 bridgehead atoms. The average molecular weight is 374 g/mol. The van der Waals surface area contributed by atoms with Gasteiger partial charge < -0.3 is 4.42 Å². The summed E-state index contributed by atoms with van der Waals surface area (Å²) in [5.74, 6) is 0.485. The molecule has 3 aromatic heterocycles. The third-order valence-electron chi connectivity index (χ3n) is 5.79. The average Bonchev–Trinajstić information content (AvgIpc) is 3.05. The van der Waals surface area contributed by atoms with Crippen molar-refractivity contribution in [2.75, 3.05) is 0 Å². The van der Waals surface area contributed by atoms with Gasteiger partial charge in [-0.1, -0.05) is 39.8 Å². The molecule has 1 aromatic carbocycles. The maximum atomic E-state index is 6.35. The summed E-state index contributed by atoms with van der Waals surface area (Å²) < 4.78 is 8.59. The highest BCUT2D eigenvalue weighted by Crippen LogP contribution is 2.37. The van der Waals surface area contributed by atoms with E-state index >= 15 is 0 Å². The van der Waals surface area contributed by atoms with Gasteiger partial charge in [0.25, 0.3) is 0 Å². The zero-order valence-corrected chi connectivity index (χ0v) is 17.8. The van der Waals surface area contributed by atoms with Gasteiger partial charge in [-0.05, 0) is 48.9 Å². The summed E-state index contributed by atoms with van der Waals surface area (Å²) in [5.41, 5.74) is 9.13. The lowest BCUT2D eigenvalue weighted by Gasteiger charge is -2.13. The van der Waals surface area contributed by atoms with Crippen molar-refractivity contribution in [1.82, 2.24) is 4.98 Å². The smallest absolute Gasteiger partial charge is 0.227 e. The number of hydrogen-bond acceptors (Lipinski definition) is 2. The molecular formula is C25H29N2O+. The molecule has 0 unspecified atom stereocenters. The first kappa shape index (κ1) is 18.7. The van der Waals surface area contributed by atoms with Crippen molar-refractivity contribution in [3.63, 3.8) is 0 Å². The van der Waals surface area contributed by atoms with Gasteiger partial charge in [0, 0.05) is 28.1 Å². The van der Waals surface area contributed by atoms with E-state index in [0.29, 0.717) is 5.92 Å². The third-order valence-corrected chi connectivity index (χ3v) is 5.79. The Hall–Kier alpha value is -2.68. The third kappa shape index (κ3) is 2.90. The van der Waals surface area contributed by atoms with E-state index in [0.717, 1.165) is 40.6 Å². The maximum absolute atomic E-state index is 6.35. The lowest BCUT2D eigenvalue weighted by molar-refractivity contribution is -0.660. The van der Waals surface area contributed by atoms with Crippen LogP contribution in [0, 0.1) is 6.92 Å². The van der Waals surface area contributed by atoms with Crippen molar-refractivity contribution in [2.45, 2.75) is 53.4 Å². The van der Waals surface area contributed by atoms with Crippen LogP contribution in [0.4, 0.5) is 0 Å². The summed E-state index contributed by atoms with van der Waals surface area (Å²) in [6.07, 6.45) is 4.22. The van der Waals surface area contributed by atoms with Gasteiger partial charge in [0.15, 0.2) is 11.8 Å². The Morgan fingerprint density at radius 1 is 1.04 bits per heavy atom. The molecule has 0 aliphatic carbocycles. The van der Waals surface area contributed by atoms with Crippen molar-refractivity contribution in [3.05, 3.63) is 58.9 Å². The highest BCUT2D eigenvalue weighted by molar-refractivity contribution is 6.08. The van der Waals surface area contributed by atoms with Crippen LogP contribution in [-0.4, -0.2) is 4.98 Å². The first-order valence-electron chi connectivity index (χ1n) is 10.3. The van der Waals surface area contributed by atoms with Crippen LogP contribution in [0.1, 0.15) is 56.0 Å². The van der Waals surface area contributed by atoms with Gasteiger partial charge in [0.1, 0.15) is 7.05 Å². The number of hydrogen-bond donors (Lipinski definition) is 0. The summed E-state index contributed by atoms with van der Waals surface area (Å²) in [6.45, 7) is 11.0. The molecular weight excluding hydrogens is 344 g/mol. The van der Waals surface area contributed by atoms with Gasteiger partial charge in [-0.3, -0.25) is 0 Å². The molecule has 4 rings (SSSR count). The van der Waals surface area contributed by atoms with Crippen molar-refractivity contribution in [3.8, 4) is 11.3 Å². The van der Waals surface area contributed by atoms with E-state index in [2.05, 4.69) is 82.8 Å². The molecule has 3 nitrogen and oxygen atoms in total. The molecule has 4 aromatic rings. The first-order valence-corrected chi connectivity index (χ1v) is 10.3. The Kier molecular flexibility index (Phi) is 4.70. The molecule has 0 saturated carbocycles. The molecule has 0 N–H and O–H groups in total. The Labute approximate surface area is 167 Å². The summed E-state index contributed by atoms with van der Waals surface area (Å²) in [5, 5.41) is 2.22. The predicted molar refractivity (Wildman–Crippen MR) is 116 cm³/mol. The van der Waals surface area contributed by atoms with Crippen molar-refractivity contribution < 1.29 is 8.98 Å². The van der Waals surface area contributed by atoms with E-state index in [-0.39, 0.29) is 0 Å². The minimum atomic E-state index is 0.485. The summed E-state index contributed by atoms with van der Waals surface area (Å²) >= 11 is 0. The van der Waals surface area contributed by atoms with Crippen LogP contribution in [0.25, 0.3) is 33.3 Å². The SMILES string of the molecule is CCc1ccc2c(n1)oc1c(-c3cc(C(C)C)c(CC)c[n+]3C)c(C)ccc12. The van der Waals surface area contributed by atoms with Crippen LogP contribution < -0.4 is 4.57 Å². The molecule has 0 saturated heterocycles. The Balaban J connectivity index is 2.06. The number of aryl methyl sites for hydroxylation is 4. The lowest BCUT2D eigenvalue weighted by atomic mass is 9.93. The van der Waals surface area contributed by atoms with Gasteiger partial charge >= 0.3 is 0 Å². The minimum Gasteiger partial charge on any atom is -0.437 e. The molecule has 0 spiro atoms. The summed E-state index contributed by atoms with van der Waals surface area (Å²) in [6, 6.07) is 11.0. The number of rotatable bonds is 4. The quantitative estimate of drug-likeness (QED) is 0.409. The number of aromatic nitrogens is 2. The largest absolute Gasteiger partial charge is 0.437 e. The second-order valence-corrected chi connectivity index (χ2v) is 8.00.